The van der Waals surface area contributed by atoms with E-state index in [-0.39, 0.29) is 5.69 Å². The predicted octanol–water partition coefficient (Wildman–Crippen LogP) is 3.11. The number of nitrogens with zero attached hydrogens (tertiary/aromatic N) is 1. The predicted molar refractivity (Wildman–Crippen MR) is 74.9 cm³/mol. The molecule has 0 spiro atoms. The van der Waals surface area contributed by atoms with E-state index in [2.05, 4.69) is 5.32 Å². The van der Waals surface area contributed by atoms with Crippen LogP contribution in [0.15, 0.2) is 18.2 Å². The Bertz CT molecular complexity index is 450. The summed E-state index contributed by atoms with van der Waals surface area (Å²) in [5, 5.41) is 14.5. The van der Waals surface area contributed by atoms with Crippen LogP contribution < -0.4 is 5.32 Å². The zero-order valence-corrected chi connectivity index (χ0v) is 11.4. The standard InChI is InChI=1S/C13H17FN2O2S/c14-11-5-10(6-12(7-11)16(17)18)8-15-9-13-3-1-2-4-19-13/h5-7,13,15H,1-4,8-9H2. The van der Waals surface area contributed by atoms with Crippen molar-refractivity contribution >= 4 is 17.4 Å². The minimum Gasteiger partial charge on any atom is -0.312 e. The van der Waals surface area contributed by atoms with Gasteiger partial charge in [-0.15, -0.1) is 0 Å². The number of hydrogen-bond acceptors (Lipinski definition) is 4. The van der Waals surface area contributed by atoms with Gasteiger partial charge < -0.3 is 5.32 Å². The van der Waals surface area contributed by atoms with Crippen molar-refractivity contribution in [2.45, 2.75) is 31.1 Å². The van der Waals surface area contributed by atoms with Crippen molar-refractivity contribution in [1.29, 1.82) is 0 Å². The van der Waals surface area contributed by atoms with E-state index < -0.39 is 10.7 Å². The number of rotatable bonds is 5. The fourth-order valence-corrected chi connectivity index (χ4v) is 3.46. The van der Waals surface area contributed by atoms with Crippen LogP contribution >= 0.6 is 11.8 Å². The summed E-state index contributed by atoms with van der Waals surface area (Å²) in [5.74, 6) is 0.649. The lowest BCUT2D eigenvalue weighted by molar-refractivity contribution is -0.385. The van der Waals surface area contributed by atoms with E-state index in [4.69, 9.17) is 0 Å². The molecule has 4 nitrogen and oxygen atoms in total. The Balaban J connectivity index is 1.86. The van der Waals surface area contributed by atoms with Gasteiger partial charge in [0.15, 0.2) is 0 Å². The smallest absolute Gasteiger partial charge is 0.272 e. The Morgan fingerprint density at radius 3 is 2.95 bits per heavy atom. The molecule has 0 aromatic heterocycles. The first-order valence-corrected chi connectivity index (χ1v) is 7.46. The molecule has 0 bridgehead atoms. The van der Waals surface area contributed by atoms with E-state index in [1.165, 1.54) is 37.1 Å². The number of benzene rings is 1. The van der Waals surface area contributed by atoms with E-state index in [1.807, 2.05) is 11.8 Å². The molecule has 0 radical (unpaired) electrons. The van der Waals surface area contributed by atoms with Crippen molar-refractivity contribution in [1.82, 2.24) is 5.32 Å². The molecule has 1 aliphatic rings. The van der Waals surface area contributed by atoms with Crippen LogP contribution in [-0.4, -0.2) is 22.5 Å². The Hall–Kier alpha value is -1.14. The quantitative estimate of drug-likeness (QED) is 0.667. The van der Waals surface area contributed by atoms with Gasteiger partial charge in [0.1, 0.15) is 5.82 Å². The summed E-state index contributed by atoms with van der Waals surface area (Å²) in [5.41, 5.74) is 0.427. The van der Waals surface area contributed by atoms with Gasteiger partial charge >= 0.3 is 0 Å². The number of non-ortho nitro benzene ring substituents is 1. The molecular weight excluding hydrogens is 267 g/mol. The number of nitro benzene ring substituents is 1. The number of halogens is 1. The second-order valence-electron chi connectivity index (χ2n) is 4.69. The van der Waals surface area contributed by atoms with Gasteiger partial charge in [0, 0.05) is 24.4 Å². The number of nitrogens with one attached hydrogen (secondary N) is 1. The third-order valence-electron chi connectivity index (χ3n) is 3.13. The van der Waals surface area contributed by atoms with Crippen LogP contribution in [0.3, 0.4) is 0 Å². The monoisotopic (exact) mass is 284 g/mol. The van der Waals surface area contributed by atoms with Gasteiger partial charge in [0.25, 0.3) is 5.69 Å². The molecule has 1 aromatic rings. The number of thioether (sulfide) groups is 1. The Morgan fingerprint density at radius 2 is 2.26 bits per heavy atom. The van der Waals surface area contributed by atoms with Crippen molar-refractivity contribution in [3.8, 4) is 0 Å². The maximum atomic E-state index is 13.2. The van der Waals surface area contributed by atoms with Gasteiger partial charge in [-0.2, -0.15) is 11.8 Å². The third-order valence-corrected chi connectivity index (χ3v) is 4.53. The number of hydrogen-bond donors (Lipinski definition) is 1. The van der Waals surface area contributed by atoms with E-state index >= 15 is 0 Å². The fraction of sp³-hybridized carbons (Fsp3) is 0.538. The van der Waals surface area contributed by atoms with Crippen LogP contribution in [0.2, 0.25) is 0 Å². The van der Waals surface area contributed by atoms with Gasteiger partial charge in [-0.05, 0) is 30.2 Å². The van der Waals surface area contributed by atoms with Crippen molar-refractivity contribution in [2.24, 2.45) is 0 Å². The second-order valence-corrected chi connectivity index (χ2v) is 6.10. The molecule has 1 atom stereocenters. The second kappa shape index (κ2) is 6.86. The summed E-state index contributed by atoms with van der Waals surface area (Å²) < 4.78 is 13.2. The molecule has 104 valence electrons. The van der Waals surface area contributed by atoms with Crippen molar-refractivity contribution < 1.29 is 9.31 Å². The van der Waals surface area contributed by atoms with Crippen LogP contribution in [0.25, 0.3) is 0 Å². The topological polar surface area (TPSA) is 55.2 Å². The average molecular weight is 284 g/mol. The van der Waals surface area contributed by atoms with Crippen LogP contribution in [-0.2, 0) is 6.54 Å². The van der Waals surface area contributed by atoms with Gasteiger partial charge in [0.05, 0.1) is 11.0 Å². The summed E-state index contributed by atoms with van der Waals surface area (Å²) >= 11 is 1.96. The molecule has 2 rings (SSSR count). The molecule has 6 heteroatoms. The van der Waals surface area contributed by atoms with E-state index in [1.54, 1.807) is 0 Å². The Kier molecular flexibility index (Phi) is 5.15. The van der Waals surface area contributed by atoms with E-state index in [9.17, 15) is 14.5 Å². The fourth-order valence-electron chi connectivity index (χ4n) is 2.19. The molecule has 1 saturated heterocycles. The van der Waals surface area contributed by atoms with E-state index in [0.29, 0.717) is 17.4 Å². The first kappa shape index (κ1) is 14.3. The number of nitro groups is 1. The van der Waals surface area contributed by atoms with Crippen molar-refractivity contribution in [2.75, 3.05) is 12.3 Å². The lowest BCUT2D eigenvalue weighted by atomic mass is 10.1. The summed E-state index contributed by atoms with van der Waals surface area (Å²) in [6, 6.07) is 3.71. The third kappa shape index (κ3) is 4.47. The molecule has 0 amide bonds. The van der Waals surface area contributed by atoms with Crippen LogP contribution in [0, 0.1) is 15.9 Å². The highest BCUT2D eigenvalue weighted by Crippen LogP contribution is 2.24. The SMILES string of the molecule is O=[N+]([O-])c1cc(F)cc(CNCC2CCCCS2)c1. The van der Waals surface area contributed by atoms with Crippen LogP contribution in [0.5, 0.6) is 0 Å². The molecule has 1 N–H and O–H groups in total. The van der Waals surface area contributed by atoms with Gasteiger partial charge in [0.2, 0.25) is 0 Å². The molecule has 1 unspecified atom stereocenters. The average Bonchev–Trinajstić information content (AvgIpc) is 2.39. The molecule has 0 saturated carbocycles. The Morgan fingerprint density at radius 1 is 1.42 bits per heavy atom. The normalized spacial score (nSPS) is 19.3. The lowest BCUT2D eigenvalue weighted by Crippen LogP contribution is -2.26. The molecule has 19 heavy (non-hydrogen) atoms. The minimum atomic E-state index is -0.566. The zero-order chi connectivity index (χ0) is 13.7. The minimum absolute atomic E-state index is 0.191. The van der Waals surface area contributed by atoms with Gasteiger partial charge in [-0.1, -0.05) is 6.42 Å². The van der Waals surface area contributed by atoms with Crippen LogP contribution in [0.1, 0.15) is 24.8 Å². The van der Waals surface area contributed by atoms with Crippen LogP contribution in [0.4, 0.5) is 10.1 Å². The first-order chi connectivity index (χ1) is 9.15. The highest BCUT2D eigenvalue weighted by Gasteiger charge is 2.14. The molecular formula is C13H17FN2O2S. The lowest BCUT2D eigenvalue weighted by Gasteiger charge is -2.21. The largest absolute Gasteiger partial charge is 0.312 e. The summed E-state index contributed by atoms with van der Waals surface area (Å²) in [4.78, 5) is 10.1. The van der Waals surface area contributed by atoms with E-state index in [0.717, 1.165) is 12.6 Å². The van der Waals surface area contributed by atoms with Gasteiger partial charge in [-0.25, -0.2) is 4.39 Å². The van der Waals surface area contributed by atoms with Crippen molar-refractivity contribution in [3.63, 3.8) is 0 Å². The molecule has 0 aliphatic carbocycles. The van der Waals surface area contributed by atoms with Crippen molar-refractivity contribution in [3.05, 3.63) is 39.7 Å². The Labute approximate surface area is 115 Å². The summed E-state index contributed by atoms with van der Waals surface area (Å²) in [7, 11) is 0. The molecule has 1 fully saturated rings. The molecule has 1 heterocycles. The summed E-state index contributed by atoms with van der Waals surface area (Å²) in [6.45, 7) is 1.34. The molecule has 1 aliphatic heterocycles. The first-order valence-electron chi connectivity index (χ1n) is 6.41. The summed E-state index contributed by atoms with van der Waals surface area (Å²) in [6.07, 6.45) is 3.77. The maximum absolute atomic E-state index is 13.2. The zero-order valence-electron chi connectivity index (χ0n) is 10.6. The highest BCUT2D eigenvalue weighted by atomic mass is 32.2. The molecule has 1 aromatic carbocycles. The maximum Gasteiger partial charge on any atom is 0.272 e. The van der Waals surface area contributed by atoms with Gasteiger partial charge in [-0.3, -0.25) is 10.1 Å². The highest BCUT2D eigenvalue weighted by molar-refractivity contribution is 7.99.